The number of primary amides is 1. The maximum absolute atomic E-state index is 13.4. The number of amides is 3. The van der Waals surface area contributed by atoms with Crippen LogP contribution in [0, 0.1) is 5.92 Å². The second-order valence-electron chi connectivity index (χ2n) is 7.74. The molecule has 2 aromatic rings. The van der Waals surface area contributed by atoms with E-state index in [-0.39, 0.29) is 29.4 Å². The Bertz CT molecular complexity index is 961. The monoisotopic (exact) mass is 477 g/mol. The molecule has 0 fully saturated rings. The second kappa shape index (κ2) is 12.2. The van der Waals surface area contributed by atoms with Gasteiger partial charge in [-0.15, -0.1) is 0 Å². The zero-order valence-corrected chi connectivity index (χ0v) is 19.9. The van der Waals surface area contributed by atoms with Gasteiger partial charge in [0.2, 0.25) is 5.91 Å². The first-order chi connectivity index (χ1) is 15.7. The quantitative estimate of drug-likeness (QED) is 0.361. The largest absolute Gasteiger partial charge is 0.494 e. The molecule has 11 heteroatoms. The number of ether oxygens (including phenoxy) is 1. The van der Waals surface area contributed by atoms with Crippen molar-refractivity contribution in [3.05, 3.63) is 40.4 Å². The molecular formula is C22H31N5O5S. The SMILES string of the molecule is CCOc1ccc([C@H](C(=O)NCCC(C)C)N(CCO)C(=O)c2snc(C(N)=O)c2N)cc1. The number of aliphatic hydroxyl groups excluding tert-OH is 1. The van der Waals surface area contributed by atoms with Crippen LogP contribution in [0.3, 0.4) is 0 Å². The fourth-order valence-electron chi connectivity index (χ4n) is 3.18. The lowest BCUT2D eigenvalue weighted by Crippen LogP contribution is -2.45. The second-order valence-corrected chi connectivity index (χ2v) is 8.51. The molecule has 0 saturated heterocycles. The van der Waals surface area contributed by atoms with Gasteiger partial charge in [-0.25, -0.2) is 0 Å². The lowest BCUT2D eigenvalue weighted by molar-refractivity contribution is -0.126. The third-order valence-electron chi connectivity index (χ3n) is 4.85. The first kappa shape index (κ1) is 26.1. The molecule has 0 aliphatic rings. The first-order valence-corrected chi connectivity index (χ1v) is 11.5. The molecule has 3 amide bonds. The van der Waals surface area contributed by atoms with Crippen LogP contribution >= 0.6 is 11.5 Å². The topological polar surface area (TPSA) is 161 Å². The van der Waals surface area contributed by atoms with Crippen molar-refractivity contribution in [1.29, 1.82) is 0 Å². The van der Waals surface area contributed by atoms with Crippen LogP contribution in [0.5, 0.6) is 5.75 Å². The van der Waals surface area contributed by atoms with Gasteiger partial charge in [0.25, 0.3) is 11.8 Å². The molecule has 0 aliphatic carbocycles. The van der Waals surface area contributed by atoms with Gasteiger partial charge in [-0.2, -0.15) is 4.37 Å². The van der Waals surface area contributed by atoms with Crippen LogP contribution in [-0.4, -0.2) is 58.4 Å². The number of aliphatic hydroxyl groups is 1. The number of nitrogens with zero attached hydrogens (tertiary/aromatic N) is 2. The highest BCUT2D eigenvalue weighted by atomic mass is 32.1. The lowest BCUT2D eigenvalue weighted by atomic mass is 10.0. The number of aromatic nitrogens is 1. The molecule has 0 spiro atoms. The number of carbonyl (C=O) groups excluding carboxylic acids is 3. The Balaban J connectivity index is 2.46. The minimum absolute atomic E-state index is 0.0248. The minimum atomic E-state index is -1.05. The van der Waals surface area contributed by atoms with Crippen LogP contribution in [0.2, 0.25) is 0 Å². The maximum Gasteiger partial charge on any atom is 0.270 e. The number of nitrogen functional groups attached to an aromatic ring is 1. The number of benzene rings is 1. The summed E-state index contributed by atoms with van der Waals surface area (Å²) in [6.45, 7) is 6.33. The van der Waals surface area contributed by atoms with E-state index in [4.69, 9.17) is 16.2 Å². The smallest absolute Gasteiger partial charge is 0.270 e. The highest BCUT2D eigenvalue weighted by molar-refractivity contribution is 7.09. The third kappa shape index (κ3) is 6.65. The van der Waals surface area contributed by atoms with Gasteiger partial charge in [-0.1, -0.05) is 26.0 Å². The Morgan fingerprint density at radius 1 is 1.24 bits per heavy atom. The zero-order valence-electron chi connectivity index (χ0n) is 19.0. The van der Waals surface area contributed by atoms with E-state index in [1.807, 2.05) is 20.8 Å². The molecule has 0 unspecified atom stereocenters. The van der Waals surface area contributed by atoms with Crippen molar-refractivity contribution in [1.82, 2.24) is 14.6 Å². The summed E-state index contributed by atoms with van der Waals surface area (Å²) >= 11 is 0.722. The Morgan fingerprint density at radius 2 is 1.91 bits per heavy atom. The number of nitrogens with two attached hydrogens (primary N) is 2. The number of hydrogen-bond acceptors (Lipinski definition) is 8. The number of hydrogen-bond donors (Lipinski definition) is 4. The fraction of sp³-hybridized carbons (Fsp3) is 0.455. The number of anilines is 1. The highest BCUT2D eigenvalue weighted by Gasteiger charge is 2.34. The molecule has 180 valence electrons. The molecular weight excluding hydrogens is 446 g/mol. The van der Waals surface area contributed by atoms with E-state index in [0.717, 1.165) is 18.0 Å². The maximum atomic E-state index is 13.4. The molecule has 0 aliphatic heterocycles. The molecule has 1 heterocycles. The average molecular weight is 478 g/mol. The molecule has 1 aromatic heterocycles. The van der Waals surface area contributed by atoms with Crippen molar-refractivity contribution in [2.75, 3.05) is 32.0 Å². The minimum Gasteiger partial charge on any atom is -0.494 e. The molecule has 1 atom stereocenters. The van der Waals surface area contributed by atoms with E-state index in [0.29, 0.717) is 30.4 Å². The summed E-state index contributed by atoms with van der Waals surface area (Å²) in [4.78, 5) is 39.4. The van der Waals surface area contributed by atoms with Gasteiger partial charge >= 0.3 is 0 Å². The Morgan fingerprint density at radius 3 is 2.42 bits per heavy atom. The van der Waals surface area contributed by atoms with Crippen LogP contribution in [0.15, 0.2) is 24.3 Å². The summed E-state index contributed by atoms with van der Waals surface area (Å²) in [6, 6.07) is 5.76. The number of carbonyl (C=O) groups is 3. The summed E-state index contributed by atoms with van der Waals surface area (Å²) < 4.78 is 9.34. The van der Waals surface area contributed by atoms with Gasteiger partial charge in [0, 0.05) is 13.1 Å². The van der Waals surface area contributed by atoms with E-state index >= 15 is 0 Å². The summed E-state index contributed by atoms with van der Waals surface area (Å²) in [7, 11) is 0. The highest BCUT2D eigenvalue weighted by Crippen LogP contribution is 2.29. The van der Waals surface area contributed by atoms with Crippen LogP contribution in [0.1, 0.15) is 59.0 Å². The number of nitrogens with one attached hydrogen (secondary N) is 1. The van der Waals surface area contributed by atoms with Crippen LogP contribution < -0.4 is 21.5 Å². The van der Waals surface area contributed by atoms with E-state index in [2.05, 4.69) is 9.69 Å². The Kier molecular flexibility index (Phi) is 9.61. The molecule has 6 N–H and O–H groups in total. The van der Waals surface area contributed by atoms with Gasteiger partial charge in [0.05, 0.1) is 18.9 Å². The standard InChI is InChI=1S/C22H31N5O5S/c1-4-32-15-7-5-14(6-8-15)18(21(30)25-10-9-13(2)3)27(11-12-28)22(31)19-16(23)17(20(24)29)26-33-19/h5-8,13,18,28H,4,9-12,23H2,1-3H3,(H2,24,29)(H,25,30)/t18-/m1/s1. The molecule has 0 bridgehead atoms. The first-order valence-electron chi connectivity index (χ1n) is 10.7. The van der Waals surface area contributed by atoms with Crippen molar-refractivity contribution in [2.24, 2.45) is 11.7 Å². The van der Waals surface area contributed by atoms with Gasteiger partial charge < -0.3 is 31.5 Å². The Hall–Kier alpha value is -3.18. The molecule has 0 saturated carbocycles. The lowest BCUT2D eigenvalue weighted by Gasteiger charge is -2.31. The van der Waals surface area contributed by atoms with Gasteiger partial charge in [-0.3, -0.25) is 14.4 Å². The fourth-order valence-corrected chi connectivity index (χ4v) is 3.94. The van der Waals surface area contributed by atoms with E-state index in [1.54, 1.807) is 24.3 Å². The van der Waals surface area contributed by atoms with Crippen LogP contribution in [0.4, 0.5) is 5.69 Å². The summed E-state index contributed by atoms with van der Waals surface area (Å²) in [6.07, 6.45) is 0.763. The van der Waals surface area contributed by atoms with Crippen molar-refractivity contribution in [3.8, 4) is 5.75 Å². The van der Waals surface area contributed by atoms with Crippen LogP contribution in [-0.2, 0) is 4.79 Å². The molecule has 10 nitrogen and oxygen atoms in total. The summed E-state index contributed by atoms with van der Waals surface area (Å²) in [5, 5.41) is 12.5. The zero-order chi connectivity index (χ0) is 24.5. The molecule has 2 rings (SSSR count). The van der Waals surface area contributed by atoms with Crippen molar-refractivity contribution >= 4 is 34.9 Å². The summed E-state index contributed by atoms with van der Waals surface area (Å²) in [5.74, 6) is -0.887. The predicted molar refractivity (Wildman–Crippen MR) is 126 cm³/mol. The van der Waals surface area contributed by atoms with Gasteiger partial charge in [-0.05, 0) is 48.5 Å². The molecule has 1 aromatic carbocycles. The van der Waals surface area contributed by atoms with E-state index < -0.39 is 23.8 Å². The van der Waals surface area contributed by atoms with Gasteiger partial charge in [0.1, 0.15) is 16.7 Å². The van der Waals surface area contributed by atoms with E-state index in [9.17, 15) is 19.5 Å². The van der Waals surface area contributed by atoms with E-state index in [1.165, 1.54) is 4.90 Å². The number of rotatable bonds is 12. The average Bonchev–Trinajstić information content (AvgIpc) is 3.15. The van der Waals surface area contributed by atoms with Crippen LogP contribution in [0.25, 0.3) is 0 Å². The molecule has 33 heavy (non-hydrogen) atoms. The van der Waals surface area contributed by atoms with Crippen molar-refractivity contribution < 1.29 is 24.2 Å². The normalized spacial score (nSPS) is 11.8. The summed E-state index contributed by atoms with van der Waals surface area (Å²) in [5.41, 5.74) is 11.4. The van der Waals surface area contributed by atoms with Crippen molar-refractivity contribution in [3.63, 3.8) is 0 Å². The van der Waals surface area contributed by atoms with Crippen molar-refractivity contribution in [2.45, 2.75) is 33.2 Å². The van der Waals surface area contributed by atoms with Gasteiger partial charge in [0.15, 0.2) is 5.69 Å². The Labute approximate surface area is 197 Å². The third-order valence-corrected chi connectivity index (χ3v) is 5.70. The predicted octanol–water partition coefficient (Wildman–Crippen LogP) is 1.56. The molecule has 0 radical (unpaired) electrons.